The van der Waals surface area contributed by atoms with Gasteiger partial charge in [0.1, 0.15) is 6.04 Å². The highest BCUT2D eigenvalue weighted by Crippen LogP contribution is 2.09. The highest BCUT2D eigenvalue weighted by Gasteiger charge is 2.17. The van der Waals surface area contributed by atoms with Gasteiger partial charge >= 0.3 is 5.97 Å². The van der Waals surface area contributed by atoms with Crippen LogP contribution in [-0.2, 0) is 9.59 Å². The van der Waals surface area contributed by atoms with Gasteiger partial charge in [-0.25, -0.2) is 4.79 Å². The number of hydrogen-bond acceptors (Lipinski definition) is 3. The molecule has 0 heterocycles. The van der Waals surface area contributed by atoms with E-state index in [1.54, 1.807) is 6.92 Å². The minimum Gasteiger partial charge on any atom is -0.480 e. The predicted molar refractivity (Wildman–Crippen MR) is 61.9 cm³/mol. The first kappa shape index (κ1) is 14.9. The number of carbonyl (C=O) groups is 2. The third-order valence-electron chi connectivity index (χ3n) is 2.57. The van der Waals surface area contributed by atoms with E-state index in [9.17, 15) is 9.59 Å². The highest BCUT2D eigenvalue weighted by atomic mass is 16.4. The number of hydrogen-bond donors (Lipinski definition) is 3. The Morgan fingerprint density at radius 2 is 2.00 bits per heavy atom. The smallest absolute Gasteiger partial charge is 0.326 e. The van der Waals surface area contributed by atoms with Gasteiger partial charge in [0.2, 0.25) is 5.91 Å². The number of rotatable bonds is 8. The van der Waals surface area contributed by atoms with Crippen LogP contribution in [0, 0.1) is 5.92 Å². The van der Waals surface area contributed by atoms with E-state index in [0.717, 1.165) is 12.8 Å². The van der Waals surface area contributed by atoms with Crippen LogP contribution in [0.15, 0.2) is 0 Å². The minimum atomic E-state index is -0.981. The van der Waals surface area contributed by atoms with E-state index in [0.29, 0.717) is 25.3 Å². The molecule has 5 heteroatoms. The molecule has 4 N–H and O–H groups in total. The van der Waals surface area contributed by atoms with Crippen molar-refractivity contribution in [3.63, 3.8) is 0 Å². The molecule has 2 atom stereocenters. The van der Waals surface area contributed by atoms with Crippen LogP contribution in [0.25, 0.3) is 0 Å². The average Bonchev–Trinajstić information content (AvgIpc) is 2.23. The van der Waals surface area contributed by atoms with Crippen LogP contribution < -0.4 is 11.1 Å². The lowest BCUT2D eigenvalue weighted by atomic mass is 10.0. The molecule has 16 heavy (non-hydrogen) atoms. The van der Waals surface area contributed by atoms with Crippen molar-refractivity contribution in [2.24, 2.45) is 11.7 Å². The molecule has 1 unspecified atom stereocenters. The van der Waals surface area contributed by atoms with Crippen molar-refractivity contribution >= 4 is 11.9 Å². The van der Waals surface area contributed by atoms with Crippen LogP contribution in [0.5, 0.6) is 0 Å². The van der Waals surface area contributed by atoms with Crippen LogP contribution in [0.3, 0.4) is 0 Å². The highest BCUT2D eigenvalue weighted by molar-refractivity contribution is 5.83. The van der Waals surface area contributed by atoms with Crippen molar-refractivity contribution < 1.29 is 14.7 Å². The number of aliphatic carboxylic acids is 1. The zero-order valence-corrected chi connectivity index (χ0v) is 10.0. The first-order valence-electron chi connectivity index (χ1n) is 5.73. The number of nitrogens with two attached hydrogens (primary N) is 1. The van der Waals surface area contributed by atoms with Gasteiger partial charge in [0, 0.05) is 6.42 Å². The lowest BCUT2D eigenvalue weighted by Crippen LogP contribution is -2.40. The number of amides is 1. The van der Waals surface area contributed by atoms with Crippen LogP contribution in [-0.4, -0.2) is 29.6 Å². The molecule has 5 nitrogen and oxygen atoms in total. The average molecular weight is 230 g/mol. The van der Waals surface area contributed by atoms with E-state index in [1.807, 2.05) is 6.92 Å². The van der Waals surface area contributed by atoms with Gasteiger partial charge in [-0.15, -0.1) is 0 Å². The number of nitrogens with one attached hydrogen (secondary N) is 1. The molecule has 0 radical (unpaired) electrons. The molecule has 94 valence electrons. The van der Waals surface area contributed by atoms with Crippen molar-refractivity contribution in [1.82, 2.24) is 5.32 Å². The number of carboxylic acid groups (broad SMARTS) is 1. The lowest BCUT2D eigenvalue weighted by molar-refractivity contribution is -0.141. The normalized spacial score (nSPS) is 14.2. The molecule has 0 saturated carbocycles. The van der Waals surface area contributed by atoms with Gasteiger partial charge in [-0.2, -0.15) is 0 Å². The molecule has 0 aliphatic carbocycles. The summed E-state index contributed by atoms with van der Waals surface area (Å²) in [6, 6.07) is -0.766. The first-order valence-corrected chi connectivity index (χ1v) is 5.73. The van der Waals surface area contributed by atoms with E-state index in [4.69, 9.17) is 10.8 Å². The molecule has 1 amide bonds. The van der Waals surface area contributed by atoms with Gasteiger partial charge in [0.25, 0.3) is 0 Å². The predicted octanol–water partition coefficient (Wildman–Crippen LogP) is 0.731. The van der Waals surface area contributed by atoms with Gasteiger partial charge in [-0.1, -0.05) is 13.8 Å². The maximum absolute atomic E-state index is 11.4. The number of carboxylic acids is 1. The zero-order chi connectivity index (χ0) is 12.6. The maximum atomic E-state index is 11.4. The SMILES string of the molecule is CC[C@@H](NC(=O)CCC(C)CCN)C(=O)O. The molecule has 0 aliphatic heterocycles. The van der Waals surface area contributed by atoms with Crippen molar-refractivity contribution in [2.75, 3.05) is 6.54 Å². The second-order valence-corrected chi connectivity index (χ2v) is 4.09. The summed E-state index contributed by atoms with van der Waals surface area (Å²) in [7, 11) is 0. The molecule has 0 aromatic carbocycles. The monoisotopic (exact) mass is 230 g/mol. The largest absolute Gasteiger partial charge is 0.480 e. The van der Waals surface area contributed by atoms with Gasteiger partial charge < -0.3 is 16.2 Å². The first-order chi connectivity index (χ1) is 7.51. The minimum absolute atomic E-state index is 0.196. The van der Waals surface area contributed by atoms with Crippen LogP contribution in [0.2, 0.25) is 0 Å². The summed E-state index contributed by atoms with van der Waals surface area (Å²) in [5.41, 5.74) is 5.40. The van der Waals surface area contributed by atoms with Crippen LogP contribution >= 0.6 is 0 Å². The summed E-state index contributed by atoms with van der Waals surface area (Å²) >= 11 is 0. The van der Waals surface area contributed by atoms with Gasteiger partial charge in [-0.3, -0.25) is 4.79 Å². The van der Waals surface area contributed by atoms with E-state index >= 15 is 0 Å². The molecule has 0 aromatic rings. The molecular formula is C11H22N2O3. The maximum Gasteiger partial charge on any atom is 0.326 e. The fourth-order valence-corrected chi connectivity index (χ4v) is 1.41. The number of carbonyl (C=O) groups excluding carboxylic acids is 1. The Balaban J connectivity index is 3.85. The Morgan fingerprint density at radius 3 is 2.44 bits per heavy atom. The summed E-state index contributed by atoms with van der Waals surface area (Å²) < 4.78 is 0. The summed E-state index contributed by atoms with van der Waals surface area (Å²) in [4.78, 5) is 22.1. The van der Waals surface area contributed by atoms with Crippen molar-refractivity contribution in [1.29, 1.82) is 0 Å². The van der Waals surface area contributed by atoms with Crippen molar-refractivity contribution in [2.45, 2.75) is 45.6 Å². The van der Waals surface area contributed by atoms with Gasteiger partial charge in [0.05, 0.1) is 0 Å². The Morgan fingerprint density at radius 1 is 1.38 bits per heavy atom. The lowest BCUT2D eigenvalue weighted by Gasteiger charge is -2.13. The second-order valence-electron chi connectivity index (χ2n) is 4.09. The van der Waals surface area contributed by atoms with E-state index in [1.165, 1.54) is 0 Å². The summed E-state index contributed by atoms with van der Waals surface area (Å²) in [5, 5.41) is 11.2. The zero-order valence-electron chi connectivity index (χ0n) is 10.0. The van der Waals surface area contributed by atoms with Crippen molar-refractivity contribution in [3.05, 3.63) is 0 Å². The standard InChI is InChI=1S/C11H22N2O3/c1-3-9(11(15)16)13-10(14)5-4-8(2)6-7-12/h8-9H,3-7,12H2,1-2H3,(H,13,14)(H,15,16)/t8?,9-/m1/s1. The van der Waals surface area contributed by atoms with Gasteiger partial charge in [0.15, 0.2) is 0 Å². The van der Waals surface area contributed by atoms with E-state index < -0.39 is 12.0 Å². The molecule has 0 fully saturated rings. The molecule has 0 aromatic heterocycles. The Kier molecular flexibility index (Phi) is 7.54. The van der Waals surface area contributed by atoms with Crippen molar-refractivity contribution in [3.8, 4) is 0 Å². The summed E-state index contributed by atoms with van der Waals surface area (Å²) in [6.07, 6.45) is 2.41. The molecule has 0 aliphatic rings. The van der Waals surface area contributed by atoms with Crippen LogP contribution in [0.4, 0.5) is 0 Å². The topological polar surface area (TPSA) is 92.4 Å². The summed E-state index contributed by atoms with van der Waals surface area (Å²) in [5.74, 6) is -0.773. The Hall–Kier alpha value is -1.10. The molecule has 0 spiro atoms. The fraction of sp³-hybridized carbons (Fsp3) is 0.818. The molecule has 0 saturated heterocycles. The second kappa shape index (κ2) is 8.10. The van der Waals surface area contributed by atoms with E-state index in [-0.39, 0.29) is 5.91 Å². The summed E-state index contributed by atoms with van der Waals surface area (Å²) in [6.45, 7) is 4.39. The molecular weight excluding hydrogens is 208 g/mol. The fourth-order valence-electron chi connectivity index (χ4n) is 1.41. The molecule has 0 bridgehead atoms. The molecule has 0 rings (SSSR count). The van der Waals surface area contributed by atoms with Crippen LogP contribution in [0.1, 0.15) is 39.5 Å². The van der Waals surface area contributed by atoms with E-state index in [2.05, 4.69) is 5.32 Å². The third kappa shape index (κ3) is 6.40. The quantitative estimate of drug-likeness (QED) is 0.573. The Bertz CT molecular complexity index is 231. The Labute approximate surface area is 96.4 Å². The third-order valence-corrected chi connectivity index (χ3v) is 2.57. The van der Waals surface area contributed by atoms with Gasteiger partial charge in [-0.05, 0) is 31.7 Å².